The lowest BCUT2D eigenvalue weighted by Crippen LogP contribution is -1.88. The van der Waals surface area contributed by atoms with E-state index in [1.54, 1.807) is 0 Å². The lowest BCUT2D eigenvalue weighted by molar-refractivity contribution is 1.05. The van der Waals surface area contributed by atoms with Crippen molar-refractivity contribution in [2.45, 2.75) is 40.5 Å². The number of hydrogen-bond donors (Lipinski definition) is 1. The molecular weight excluding hydrogens is 290 g/mol. The monoisotopic (exact) mass is 323 g/mol. The van der Waals surface area contributed by atoms with E-state index in [0.717, 1.165) is 0 Å². The summed E-state index contributed by atoms with van der Waals surface area (Å²) >= 11 is 0. The molecule has 130 valence electrons. The highest BCUT2D eigenvalue weighted by atomic mass is 14.4. The highest BCUT2D eigenvalue weighted by Gasteiger charge is 2.02. The Labute approximate surface area is 148 Å². The van der Waals surface area contributed by atoms with Crippen molar-refractivity contribution in [2.75, 3.05) is 7.05 Å². The molecule has 1 aliphatic rings. The normalized spacial score (nSPS) is 11.5. The summed E-state index contributed by atoms with van der Waals surface area (Å²) in [5, 5.41) is 0. The van der Waals surface area contributed by atoms with Gasteiger partial charge in [0.25, 0.3) is 0 Å². The summed E-state index contributed by atoms with van der Waals surface area (Å²) in [6, 6.07) is 19.0. The van der Waals surface area contributed by atoms with Crippen LogP contribution in [0.3, 0.4) is 0 Å². The van der Waals surface area contributed by atoms with Crippen LogP contribution < -0.4 is 5.73 Å². The lowest BCUT2D eigenvalue weighted by atomic mass is 9.96. The molecule has 1 aliphatic carbocycles. The molecule has 2 aromatic carbocycles. The fraction of sp³-hybridized carbons (Fsp3) is 0.304. The van der Waals surface area contributed by atoms with Crippen molar-refractivity contribution in [3.05, 3.63) is 89.5 Å². The first-order valence-corrected chi connectivity index (χ1v) is 8.78. The average Bonchev–Trinajstić information content (AvgIpc) is 2.67. The predicted octanol–water partition coefficient (Wildman–Crippen LogP) is 6.32. The first kappa shape index (κ1) is 21.9. The first-order valence-electron chi connectivity index (χ1n) is 8.78. The van der Waals surface area contributed by atoms with Crippen LogP contribution in [0.1, 0.15) is 43.4 Å². The van der Waals surface area contributed by atoms with Crippen LogP contribution in [0.4, 0.5) is 0 Å². The highest BCUT2D eigenvalue weighted by Crippen LogP contribution is 2.23. The third kappa shape index (κ3) is 9.12. The van der Waals surface area contributed by atoms with E-state index in [9.17, 15) is 0 Å². The zero-order valence-corrected chi connectivity index (χ0v) is 15.9. The maximum absolute atomic E-state index is 4.50. The fourth-order valence-electron chi connectivity index (χ4n) is 2.22. The second kappa shape index (κ2) is 14.5. The molecule has 0 saturated carbocycles. The Morgan fingerprint density at radius 1 is 0.792 bits per heavy atom. The zero-order chi connectivity index (χ0) is 18.2. The average molecular weight is 324 g/mol. The molecule has 2 aromatic rings. The van der Waals surface area contributed by atoms with Gasteiger partial charge in [0.05, 0.1) is 0 Å². The molecule has 0 spiro atoms. The van der Waals surface area contributed by atoms with Crippen LogP contribution >= 0.6 is 0 Å². The zero-order valence-electron chi connectivity index (χ0n) is 15.9. The standard InChI is InChI=1S/C13H14.C7H8.C2H6.CH5N/c1-11-6-5-9-13(10-11)12-7-3-2-4-8-12;1-7-5-3-2-4-6-7;2*1-2/h2-3,5-7,9-10H,4,8H2,1H3;2-6H,1H3;1-2H3;2H2,1H3. The summed E-state index contributed by atoms with van der Waals surface area (Å²) in [7, 11) is 1.50. The van der Waals surface area contributed by atoms with E-state index in [4.69, 9.17) is 0 Å². The van der Waals surface area contributed by atoms with E-state index < -0.39 is 0 Å². The summed E-state index contributed by atoms with van der Waals surface area (Å²) < 4.78 is 0. The Bertz CT molecular complexity index is 594. The van der Waals surface area contributed by atoms with Gasteiger partial charge in [-0.3, -0.25) is 0 Å². The van der Waals surface area contributed by atoms with Crippen molar-refractivity contribution >= 4 is 5.57 Å². The van der Waals surface area contributed by atoms with Gasteiger partial charge >= 0.3 is 0 Å². The van der Waals surface area contributed by atoms with E-state index >= 15 is 0 Å². The van der Waals surface area contributed by atoms with Crippen molar-refractivity contribution in [2.24, 2.45) is 5.73 Å². The molecule has 0 bridgehead atoms. The summed E-state index contributed by atoms with van der Waals surface area (Å²) in [4.78, 5) is 0. The van der Waals surface area contributed by atoms with Crippen LogP contribution in [0.25, 0.3) is 5.57 Å². The Morgan fingerprint density at radius 2 is 1.42 bits per heavy atom. The summed E-state index contributed by atoms with van der Waals surface area (Å²) in [6.45, 7) is 8.22. The molecule has 0 aromatic heterocycles. The van der Waals surface area contributed by atoms with Gasteiger partial charge in [0.1, 0.15) is 0 Å². The summed E-state index contributed by atoms with van der Waals surface area (Å²) in [6.07, 6.45) is 8.96. The van der Waals surface area contributed by atoms with Gasteiger partial charge in [-0.25, -0.2) is 0 Å². The van der Waals surface area contributed by atoms with Crippen molar-refractivity contribution in [3.8, 4) is 0 Å². The van der Waals surface area contributed by atoms with Gasteiger partial charge in [-0.2, -0.15) is 0 Å². The van der Waals surface area contributed by atoms with Crippen LogP contribution in [-0.4, -0.2) is 7.05 Å². The minimum absolute atomic E-state index is 1.18. The van der Waals surface area contributed by atoms with Crippen LogP contribution in [0, 0.1) is 13.8 Å². The summed E-state index contributed by atoms with van der Waals surface area (Å²) in [5.74, 6) is 0. The summed E-state index contributed by atoms with van der Waals surface area (Å²) in [5.41, 5.74) is 10.0. The van der Waals surface area contributed by atoms with Gasteiger partial charge in [-0.05, 0) is 44.9 Å². The minimum Gasteiger partial charge on any atom is -0.333 e. The van der Waals surface area contributed by atoms with E-state index in [0.29, 0.717) is 0 Å². The molecule has 24 heavy (non-hydrogen) atoms. The van der Waals surface area contributed by atoms with E-state index in [1.165, 1.54) is 42.2 Å². The number of benzene rings is 2. The second-order valence-corrected chi connectivity index (χ2v) is 5.18. The molecule has 0 atom stereocenters. The third-order valence-electron chi connectivity index (χ3n) is 3.34. The van der Waals surface area contributed by atoms with Crippen LogP contribution in [-0.2, 0) is 0 Å². The fourth-order valence-corrected chi connectivity index (χ4v) is 2.22. The third-order valence-corrected chi connectivity index (χ3v) is 3.34. The molecule has 3 rings (SSSR count). The van der Waals surface area contributed by atoms with E-state index in [-0.39, 0.29) is 0 Å². The molecule has 0 aliphatic heterocycles. The number of nitrogens with two attached hydrogens (primary N) is 1. The quantitative estimate of drug-likeness (QED) is 0.652. The van der Waals surface area contributed by atoms with Crippen molar-refractivity contribution in [1.82, 2.24) is 0 Å². The Morgan fingerprint density at radius 3 is 1.88 bits per heavy atom. The number of aryl methyl sites for hydroxylation is 2. The minimum atomic E-state index is 1.18. The van der Waals surface area contributed by atoms with Crippen LogP contribution in [0.5, 0.6) is 0 Å². The van der Waals surface area contributed by atoms with Gasteiger partial charge in [-0.1, -0.05) is 97.8 Å². The Hall–Kier alpha value is -2.12. The van der Waals surface area contributed by atoms with Gasteiger partial charge in [0.15, 0.2) is 0 Å². The van der Waals surface area contributed by atoms with Crippen LogP contribution in [0.2, 0.25) is 0 Å². The lowest BCUT2D eigenvalue weighted by Gasteiger charge is -2.09. The molecular formula is C23H33N. The molecule has 0 radical (unpaired) electrons. The SMILES string of the molecule is CC.CN.Cc1cccc(C2=CC=CCC2)c1.Cc1ccccc1. The maximum atomic E-state index is 4.50. The molecule has 0 saturated heterocycles. The number of allylic oxidation sites excluding steroid dienone is 4. The molecule has 0 unspecified atom stereocenters. The Kier molecular flexibility index (Phi) is 13.2. The number of hydrogen-bond acceptors (Lipinski definition) is 1. The Balaban J connectivity index is 0.000000408. The van der Waals surface area contributed by atoms with Crippen molar-refractivity contribution in [1.29, 1.82) is 0 Å². The molecule has 0 amide bonds. The topological polar surface area (TPSA) is 26.0 Å². The largest absolute Gasteiger partial charge is 0.333 e. The smallest absolute Gasteiger partial charge is 0.0195 e. The van der Waals surface area contributed by atoms with Gasteiger partial charge < -0.3 is 5.73 Å². The van der Waals surface area contributed by atoms with Gasteiger partial charge in [-0.15, -0.1) is 0 Å². The van der Waals surface area contributed by atoms with E-state index in [2.05, 4.69) is 74.2 Å². The van der Waals surface area contributed by atoms with E-state index in [1.807, 2.05) is 32.0 Å². The second-order valence-electron chi connectivity index (χ2n) is 5.18. The molecule has 2 N–H and O–H groups in total. The maximum Gasteiger partial charge on any atom is -0.0195 e. The van der Waals surface area contributed by atoms with Gasteiger partial charge in [0, 0.05) is 0 Å². The molecule has 0 fully saturated rings. The van der Waals surface area contributed by atoms with Crippen LogP contribution in [0.15, 0.2) is 72.8 Å². The number of rotatable bonds is 1. The highest BCUT2D eigenvalue weighted by molar-refractivity contribution is 5.68. The molecule has 1 nitrogen and oxygen atoms in total. The molecule has 0 heterocycles. The van der Waals surface area contributed by atoms with Crippen molar-refractivity contribution < 1.29 is 0 Å². The predicted molar refractivity (Wildman–Crippen MR) is 110 cm³/mol. The molecule has 1 heteroatoms. The first-order chi connectivity index (χ1) is 11.8. The van der Waals surface area contributed by atoms with Gasteiger partial charge in [0.2, 0.25) is 0 Å². The van der Waals surface area contributed by atoms with Crippen molar-refractivity contribution in [3.63, 3.8) is 0 Å².